The third-order valence-electron chi connectivity index (χ3n) is 22.9. The molecule has 130 heavy (non-hydrogen) atoms. The summed E-state index contributed by atoms with van der Waals surface area (Å²) >= 11 is 0. The van der Waals surface area contributed by atoms with E-state index in [9.17, 15) is 92.0 Å². The van der Waals surface area contributed by atoms with E-state index in [1.165, 1.54) is 33.3 Å². The number of aliphatic carboxylic acids is 2. The number of aliphatic hydroxyl groups excluding tert-OH is 1. The summed E-state index contributed by atoms with van der Waals surface area (Å²) in [5.41, 5.74) is 9.52. The number of carboxylic acid groups (broad SMARTS) is 2. The Hall–Kier alpha value is -11.2. The van der Waals surface area contributed by atoms with Gasteiger partial charge in [-0.05, 0) is 111 Å². The van der Waals surface area contributed by atoms with Crippen molar-refractivity contribution < 1.29 is 111 Å². The number of aromatic amines is 2. The summed E-state index contributed by atoms with van der Waals surface area (Å²) in [6.45, 7) is 13.4. The van der Waals surface area contributed by atoms with Crippen LogP contribution >= 0.6 is 21.6 Å². The van der Waals surface area contributed by atoms with Crippen LogP contribution in [0.25, 0.3) is 16.5 Å². The number of amides is 9. The van der Waals surface area contributed by atoms with Crippen LogP contribution in [-0.4, -0.2) is 214 Å². The van der Waals surface area contributed by atoms with E-state index >= 15 is 19.2 Å². The molecule has 4 aromatic rings. The molecule has 1 saturated heterocycles. The highest BCUT2D eigenvalue weighted by atomic mass is 33.1. The van der Waals surface area contributed by atoms with Gasteiger partial charge in [0.05, 0.1) is 67.3 Å². The highest BCUT2D eigenvalue weighted by molar-refractivity contribution is 8.76. The fourth-order valence-corrected chi connectivity index (χ4v) is 18.1. The number of nitrogens with two attached hydrogens (primary N) is 1. The molecule has 1 aliphatic carbocycles. The lowest BCUT2D eigenvalue weighted by Crippen LogP contribution is -2.55. The van der Waals surface area contributed by atoms with Crippen LogP contribution in [0.1, 0.15) is 232 Å². The topological polar surface area (TPSA) is 569 Å². The second-order valence-electron chi connectivity index (χ2n) is 35.3. The van der Waals surface area contributed by atoms with Crippen LogP contribution in [0, 0.1) is 47.3 Å². The number of aromatic nitrogens is 3. The molecule has 2 aromatic heterocycles. The number of nitrogens with one attached hydrogen (secondary N) is 10. The Morgan fingerprint density at radius 1 is 0.562 bits per heavy atom. The summed E-state index contributed by atoms with van der Waals surface area (Å²) in [5.74, 6) is -24.8. The molecule has 2 aromatic carbocycles. The van der Waals surface area contributed by atoms with Gasteiger partial charge in [0.25, 0.3) is 0 Å². The van der Waals surface area contributed by atoms with E-state index in [0.29, 0.717) is 53.4 Å². The standard InChI is InChI=1S/C93H128N12O23S2/c1-51(2)34-73-81(115)44-70(53(5)6)91(126)101-75(40-61-45-96-71-29-13-12-28-69(61)71)80(114)42-62(90(125)105-85(56(9)107)86(94)121)48-129-130-49-77(104-89(124)60(43-84(119)120)38-67(111)26-17-25-66(110)24-16-23-65(109)22-15-21-64(108)20-14-18-55(8)106)78(112)36-54(7)87(122)100-74(39-58-31-30-57-19-10-11-27-68(57)58)79(113)41-59(37-63-46-95-50-98-63)88(123)103-76(35-52(3)4)92(127)97-47-82(116)99-72(93(128)102-73)32-33-83(117)118/h10-13,19,27-29,31,45-46,50-54,56,59-60,62,70,72-77,85,96,107H,14-18,20-26,30,32-44,47-49H2,1-9H3,(H2,94,121)(H,95,98)(H,97,127)(H,99,116)(H,100,122)(H,101,126)(H,102,128)(H,103,123)(H,104,124)(H,105,125)(H,117,118)(H,119,120)/t54-,56?,59-,60+,62+,70+,72+,73+,74+,75+,76+,77+,85+/m1/s1. The number of hydrogen-bond acceptors (Lipinski definition) is 24. The summed E-state index contributed by atoms with van der Waals surface area (Å²) < 4.78 is 0. The van der Waals surface area contributed by atoms with Gasteiger partial charge in [0.15, 0.2) is 23.1 Å². The van der Waals surface area contributed by atoms with Crippen LogP contribution in [0.15, 0.2) is 73.3 Å². The predicted molar refractivity (Wildman–Crippen MR) is 485 cm³/mol. The fraction of sp³-hybridized carbons (Fsp3) is 0.581. The van der Waals surface area contributed by atoms with E-state index in [-0.39, 0.29) is 131 Å². The molecule has 3 heterocycles. The van der Waals surface area contributed by atoms with Gasteiger partial charge in [0.1, 0.15) is 47.0 Å². The van der Waals surface area contributed by atoms with Crippen LogP contribution in [0.2, 0.25) is 0 Å². The number of benzene rings is 2. The molecule has 0 saturated carbocycles. The van der Waals surface area contributed by atoms with Crippen molar-refractivity contribution in [2.24, 2.45) is 53.1 Å². The molecule has 1 aliphatic heterocycles. The maximum Gasteiger partial charge on any atom is 0.304 e. The van der Waals surface area contributed by atoms with Gasteiger partial charge >= 0.3 is 11.9 Å². The Bertz CT molecular complexity index is 4710. The van der Waals surface area contributed by atoms with Gasteiger partial charge in [0.2, 0.25) is 53.2 Å². The number of para-hydroxylation sites is 1. The molecule has 0 spiro atoms. The lowest BCUT2D eigenvalue weighted by molar-refractivity contribution is -0.142. The van der Waals surface area contributed by atoms with Crippen LogP contribution in [0.5, 0.6) is 0 Å². The number of allylic oxidation sites excluding steroid dienone is 1. The van der Waals surface area contributed by atoms with Gasteiger partial charge in [-0.1, -0.05) is 119 Å². The maximum absolute atomic E-state index is 15.4. The molecule has 710 valence electrons. The van der Waals surface area contributed by atoms with Gasteiger partial charge in [-0.2, -0.15) is 0 Å². The molecule has 15 N–H and O–H groups in total. The van der Waals surface area contributed by atoms with Gasteiger partial charge in [-0.3, -0.25) is 91.1 Å². The first-order valence-corrected chi connectivity index (χ1v) is 47.1. The minimum absolute atomic E-state index is 0.00315. The zero-order valence-electron chi connectivity index (χ0n) is 75.5. The molecule has 9 amide bonds. The van der Waals surface area contributed by atoms with Crippen LogP contribution in [-0.2, 0) is 115 Å². The normalized spacial score (nSPS) is 21.7. The lowest BCUT2D eigenvalue weighted by atomic mass is 9.85. The number of primary amides is 1. The highest BCUT2D eigenvalue weighted by Gasteiger charge is 2.40. The number of rotatable bonds is 40. The SMILES string of the molecule is CC(=O)CCCC(=O)CCCC(=O)CCCC(=O)CCCC(=O)C[C@@H](CC(=O)O)C(=O)N[C@H]1CSSC[C@@H](C(=O)N[C@H](C(N)=O)C(C)O)CC(=O)[C@H](Cc2c[nH]c3ccccc23)NC(=O)[C@H](C(C)C)CC(=O)[C@H](CC(C)C)NC(=O)[C@H](CCC(=O)O)NC(=O)CNC(=O)[C@H](CC(C)C)NC(=O)[C@H](Cc2cnc[nH]2)CC(=O)[C@H](CC2=CCc3ccccc32)NC(=O)[C@H](C)CC1=O. The number of carbonyl (C=O) groups is 20. The fourth-order valence-electron chi connectivity index (χ4n) is 15.5. The second kappa shape index (κ2) is 54.4. The van der Waals surface area contributed by atoms with E-state index in [0.717, 1.165) is 32.7 Å². The minimum atomic E-state index is -1.73. The number of H-pyrrole nitrogens is 2. The number of aliphatic hydroxyl groups is 1. The van der Waals surface area contributed by atoms with Crippen molar-refractivity contribution in [3.63, 3.8) is 0 Å². The molecule has 1 fully saturated rings. The molecular formula is C93H128N12O23S2. The predicted octanol–water partition coefficient (Wildman–Crippen LogP) is 6.44. The summed E-state index contributed by atoms with van der Waals surface area (Å²) in [5, 5.41) is 52.5. The smallest absolute Gasteiger partial charge is 0.304 e. The highest BCUT2D eigenvalue weighted by Crippen LogP contribution is 2.34. The summed E-state index contributed by atoms with van der Waals surface area (Å²) in [7, 11) is 1.71. The summed E-state index contributed by atoms with van der Waals surface area (Å²) in [4.78, 5) is 289. The molecule has 0 radical (unpaired) electrons. The lowest BCUT2D eigenvalue weighted by Gasteiger charge is -2.28. The van der Waals surface area contributed by atoms with Gasteiger partial charge in [-0.25, -0.2) is 4.98 Å². The van der Waals surface area contributed by atoms with Crippen LogP contribution < -0.4 is 48.3 Å². The van der Waals surface area contributed by atoms with Crippen molar-refractivity contribution in [3.8, 4) is 0 Å². The first kappa shape index (κ1) is 108. The molecule has 37 heteroatoms. The number of nitrogens with zero attached hydrogens (tertiary/aromatic N) is 1. The second-order valence-corrected chi connectivity index (χ2v) is 37.8. The third-order valence-corrected chi connectivity index (χ3v) is 25.4. The largest absolute Gasteiger partial charge is 0.481 e. The van der Waals surface area contributed by atoms with Gasteiger partial charge < -0.3 is 78.4 Å². The Kier molecular flexibility index (Phi) is 45.0. The minimum Gasteiger partial charge on any atom is -0.481 e. The first-order chi connectivity index (χ1) is 61.5. The van der Waals surface area contributed by atoms with Crippen molar-refractivity contribution in [1.82, 2.24) is 57.5 Å². The van der Waals surface area contributed by atoms with E-state index in [4.69, 9.17) is 5.73 Å². The summed E-state index contributed by atoms with van der Waals surface area (Å²) in [6, 6.07) is 3.64. The van der Waals surface area contributed by atoms with Crippen LogP contribution in [0.4, 0.5) is 0 Å². The van der Waals surface area contributed by atoms with Gasteiger partial charge in [-0.15, -0.1) is 0 Å². The van der Waals surface area contributed by atoms with Crippen molar-refractivity contribution in [2.45, 2.75) is 278 Å². The van der Waals surface area contributed by atoms with Crippen LogP contribution in [0.3, 0.4) is 0 Å². The molecular weight excluding hydrogens is 1720 g/mol. The Morgan fingerprint density at radius 2 is 1.13 bits per heavy atom. The van der Waals surface area contributed by atoms with Crippen molar-refractivity contribution >= 4 is 155 Å². The molecule has 1 unspecified atom stereocenters. The summed E-state index contributed by atoms with van der Waals surface area (Å²) in [6.07, 6.45) is 0.629. The Morgan fingerprint density at radius 3 is 1.73 bits per heavy atom. The number of hydrogen-bond donors (Lipinski definition) is 14. The quantitative estimate of drug-likeness (QED) is 0.0213. The average Bonchev–Trinajstić information content (AvgIpc) is 1.63. The molecule has 0 bridgehead atoms. The molecule has 6 rings (SSSR count). The van der Waals surface area contributed by atoms with Crippen molar-refractivity contribution in [2.75, 3.05) is 18.1 Å². The maximum atomic E-state index is 15.4. The number of carbonyl (C=O) groups excluding carboxylic acids is 18. The number of fused-ring (bicyclic) bond motifs is 2. The van der Waals surface area contributed by atoms with E-state index < -0.39 is 242 Å². The number of imidazole rings is 1. The zero-order chi connectivity index (χ0) is 96.0. The van der Waals surface area contributed by atoms with E-state index in [1.54, 1.807) is 78.1 Å². The number of ketones is 9. The molecule has 13 atom stereocenters. The third kappa shape index (κ3) is 37.3. The van der Waals surface area contributed by atoms with Crippen molar-refractivity contribution in [3.05, 3.63) is 95.7 Å². The van der Waals surface area contributed by atoms with Crippen molar-refractivity contribution in [1.29, 1.82) is 0 Å². The first-order valence-electron chi connectivity index (χ1n) is 44.6. The molecule has 2 aliphatic rings. The van der Waals surface area contributed by atoms with Gasteiger partial charge in [0, 0.05) is 161 Å². The van der Waals surface area contributed by atoms with E-state index in [1.807, 2.05) is 24.3 Å². The monoisotopic (exact) mass is 1840 g/mol. The number of carboxylic acids is 2. The average molecular weight is 1850 g/mol. The Labute approximate surface area is 764 Å². The Balaban J connectivity index is 1.41. The molecule has 35 nitrogen and oxygen atoms in total. The van der Waals surface area contributed by atoms with E-state index in [2.05, 4.69) is 57.5 Å². The number of Topliss-reactive ketones (excluding diaryl/α,β-unsaturated/α-hetero) is 9. The zero-order valence-corrected chi connectivity index (χ0v) is 77.2.